The van der Waals surface area contributed by atoms with E-state index >= 15 is 0 Å². The Bertz CT molecular complexity index is 399. The van der Waals surface area contributed by atoms with Gasteiger partial charge in [0.05, 0.1) is 0 Å². The summed E-state index contributed by atoms with van der Waals surface area (Å²) in [6.07, 6.45) is 2.01. The predicted octanol–water partition coefficient (Wildman–Crippen LogP) is 3.71. The first kappa shape index (κ1) is 11.9. The van der Waals surface area contributed by atoms with Gasteiger partial charge >= 0.3 is 0 Å². The van der Waals surface area contributed by atoms with E-state index in [1.165, 1.54) is 12.1 Å². The Morgan fingerprint density at radius 2 is 2.00 bits per heavy atom. The number of halogens is 2. The Kier molecular flexibility index (Phi) is 2.97. The molecule has 1 fully saturated rings. The van der Waals surface area contributed by atoms with E-state index in [4.69, 9.17) is 17.3 Å². The lowest BCUT2D eigenvalue weighted by atomic mass is 9.81. The fourth-order valence-electron chi connectivity index (χ4n) is 2.54. The molecule has 2 rings (SSSR count). The molecule has 0 aliphatic heterocycles. The molecule has 0 aromatic heterocycles. The van der Waals surface area contributed by atoms with Gasteiger partial charge in [-0.1, -0.05) is 25.4 Å². The van der Waals surface area contributed by atoms with Crippen molar-refractivity contribution in [3.63, 3.8) is 0 Å². The van der Waals surface area contributed by atoms with Crippen molar-refractivity contribution in [1.82, 2.24) is 0 Å². The summed E-state index contributed by atoms with van der Waals surface area (Å²) in [6, 6.07) is 4.53. The van der Waals surface area contributed by atoms with E-state index in [1.54, 1.807) is 6.07 Å². The van der Waals surface area contributed by atoms with Gasteiger partial charge in [0, 0.05) is 16.5 Å². The predicted molar refractivity (Wildman–Crippen MR) is 65.1 cm³/mol. The summed E-state index contributed by atoms with van der Waals surface area (Å²) in [5.74, 6) is 0.275. The van der Waals surface area contributed by atoms with E-state index in [0.717, 1.165) is 18.4 Å². The normalized spacial score (nSPS) is 19.9. The first-order valence-corrected chi connectivity index (χ1v) is 6.06. The SMILES string of the molecule is CC(C)C(c1cc(F)ccc1Cl)C1(N)CC1. The summed E-state index contributed by atoms with van der Waals surface area (Å²) in [7, 11) is 0. The minimum absolute atomic E-state index is 0.149. The van der Waals surface area contributed by atoms with Gasteiger partial charge in [0.2, 0.25) is 0 Å². The Morgan fingerprint density at radius 3 is 2.50 bits per heavy atom. The van der Waals surface area contributed by atoms with Crippen molar-refractivity contribution < 1.29 is 4.39 Å². The summed E-state index contributed by atoms with van der Waals surface area (Å²) < 4.78 is 13.3. The van der Waals surface area contributed by atoms with Crippen LogP contribution in [0.3, 0.4) is 0 Å². The molecule has 1 atom stereocenters. The van der Waals surface area contributed by atoms with Crippen LogP contribution in [0.1, 0.15) is 38.2 Å². The van der Waals surface area contributed by atoms with Gasteiger partial charge in [-0.15, -0.1) is 0 Å². The molecule has 0 amide bonds. The van der Waals surface area contributed by atoms with Crippen LogP contribution in [0, 0.1) is 11.7 Å². The van der Waals surface area contributed by atoms with Crippen LogP contribution in [-0.4, -0.2) is 5.54 Å². The van der Waals surface area contributed by atoms with Crippen molar-refractivity contribution in [3.8, 4) is 0 Å². The topological polar surface area (TPSA) is 26.0 Å². The summed E-state index contributed by atoms with van der Waals surface area (Å²) in [5, 5.41) is 0.622. The van der Waals surface area contributed by atoms with Crippen molar-refractivity contribution >= 4 is 11.6 Å². The minimum Gasteiger partial charge on any atom is -0.325 e. The molecule has 0 spiro atoms. The molecule has 1 saturated carbocycles. The van der Waals surface area contributed by atoms with E-state index < -0.39 is 0 Å². The maximum atomic E-state index is 13.3. The van der Waals surface area contributed by atoms with Gasteiger partial charge in [-0.2, -0.15) is 0 Å². The van der Waals surface area contributed by atoms with E-state index in [2.05, 4.69) is 13.8 Å². The molecular weight excluding hydrogens is 225 g/mol. The van der Waals surface area contributed by atoms with Crippen LogP contribution >= 0.6 is 11.6 Å². The van der Waals surface area contributed by atoms with Crippen LogP contribution in [0.5, 0.6) is 0 Å². The van der Waals surface area contributed by atoms with Crippen LogP contribution in [-0.2, 0) is 0 Å². The maximum Gasteiger partial charge on any atom is 0.123 e. The molecule has 1 aromatic carbocycles. The van der Waals surface area contributed by atoms with Crippen molar-refractivity contribution in [1.29, 1.82) is 0 Å². The van der Waals surface area contributed by atoms with Crippen LogP contribution in [0.15, 0.2) is 18.2 Å². The molecule has 1 aliphatic carbocycles. The highest BCUT2D eigenvalue weighted by Crippen LogP contribution is 2.50. The lowest BCUT2D eigenvalue weighted by Gasteiger charge is -2.28. The van der Waals surface area contributed by atoms with Crippen LogP contribution in [0.2, 0.25) is 5.02 Å². The lowest BCUT2D eigenvalue weighted by molar-refractivity contribution is 0.401. The summed E-state index contributed by atoms with van der Waals surface area (Å²) >= 11 is 6.15. The van der Waals surface area contributed by atoms with Gasteiger partial charge in [0.1, 0.15) is 5.82 Å². The Hall–Kier alpha value is -0.600. The first-order valence-electron chi connectivity index (χ1n) is 5.68. The number of benzene rings is 1. The third kappa shape index (κ3) is 2.09. The third-order valence-electron chi connectivity index (χ3n) is 3.41. The minimum atomic E-state index is -0.241. The highest BCUT2D eigenvalue weighted by atomic mass is 35.5. The Morgan fingerprint density at radius 1 is 1.38 bits per heavy atom. The molecule has 0 heterocycles. The van der Waals surface area contributed by atoms with Gasteiger partial charge in [-0.3, -0.25) is 0 Å². The van der Waals surface area contributed by atoms with Crippen molar-refractivity contribution in [3.05, 3.63) is 34.6 Å². The zero-order valence-corrected chi connectivity index (χ0v) is 10.4. The molecule has 1 unspecified atom stereocenters. The number of rotatable bonds is 3. The zero-order valence-electron chi connectivity index (χ0n) is 9.63. The molecule has 3 heteroatoms. The highest BCUT2D eigenvalue weighted by molar-refractivity contribution is 6.31. The second-order valence-electron chi connectivity index (χ2n) is 5.12. The van der Waals surface area contributed by atoms with E-state index in [1.807, 2.05) is 0 Å². The Labute approximate surface area is 101 Å². The van der Waals surface area contributed by atoms with Crippen molar-refractivity contribution in [2.24, 2.45) is 11.7 Å². The van der Waals surface area contributed by atoms with Crippen LogP contribution in [0.25, 0.3) is 0 Å². The standard InChI is InChI=1S/C13H17ClFN/c1-8(2)12(13(16)5-6-13)10-7-9(15)3-4-11(10)14/h3-4,7-8,12H,5-6,16H2,1-2H3. The third-order valence-corrected chi connectivity index (χ3v) is 3.75. The van der Waals surface area contributed by atoms with Crippen molar-refractivity contribution in [2.75, 3.05) is 0 Å². The molecule has 0 radical (unpaired) electrons. The summed E-state index contributed by atoms with van der Waals surface area (Å²) in [4.78, 5) is 0. The molecule has 16 heavy (non-hydrogen) atoms. The summed E-state index contributed by atoms with van der Waals surface area (Å²) in [6.45, 7) is 4.22. The smallest absolute Gasteiger partial charge is 0.123 e. The molecule has 88 valence electrons. The van der Waals surface area contributed by atoms with E-state index in [9.17, 15) is 4.39 Å². The van der Waals surface area contributed by atoms with Gasteiger partial charge in [-0.25, -0.2) is 4.39 Å². The Balaban J connectivity index is 2.43. The molecular formula is C13H17ClFN. The van der Waals surface area contributed by atoms with E-state index in [0.29, 0.717) is 10.9 Å². The first-order chi connectivity index (χ1) is 7.44. The van der Waals surface area contributed by atoms with Gasteiger partial charge in [-0.05, 0) is 42.5 Å². The largest absolute Gasteiger partial charge is 0.325 e. The second-order valence-corrected chi connectivity index (χ2v) is 5.53. The van der Waals surface area contributed by atoms with Gasteiger partial charge in [0.15, 0.2) is 0 Å². The fraction of sp³-hybridized carbons (Fsp3) is 0.538. The molecule has 2 N–H and O–H groups in total. The van der Waals surface area contributed by atoms with Gasteiger partial charge in [0.25, 0.3) is 0 Å². The lowest BCUT2D eigenvalue weighted by Crippen LogP contribution is -2.34. The van der Waals surface area contributed by atoms with Crippen molar-refractivity contribution in [2.45, 2.75) is 38.1 Å². The molecule has 0 bridgehead atoms. The number of hydrogen-bond donors (Lipinski definition) is 1. The second kappa shape index (κ2) is 4.01. The summed E-state index contributed by atoms with van der Waals surface area (Å²) in [5.41, 5.74) is 6.94. The quantitative estimate of drug-likeness (QED) is 0.858. The highest BCUT2D eigenvalue weighted by Gasteiger charge is 2.48. The maximum absolute atomic E-state index is 13.3. The fourth-order valence-corrected chi connectivity index (χ4v) is 2.78. The zero-order chi connectivity index (χ0) is 11.9. The average Bonchev–Trinajstić information content (AvgIpc) is 2.90. The monoisotopic (exact) mass is 241 g/mol. The number of hydrogen-bond acceptors (Lipinski definition) is 1. The average molecular weight is 242 g/mol. The van der Waals surface area contributed by atoms with Gasteiger partial charge < -0.3 is 5.73 Å². The molecule has 1 aromatic rings. The van der Waals surface area contributed by atoms with Crippen LogP contribution < -0.4 is 5.73 Å². The molecule has 1 aliphatic rings. The molecule has 1 nitrogen and oxygen atoms in total. The number of nitrogens with two attached hydrogens (primary N) is 1. The van der Waals surface area contributed by atoms with E-state index in [-0.39, 0.29) is 17.3 Å². The molecule has 0 saturated heterocycles. The van der Waals surface area contributed by atoms with Crippen LogP contribution in [0.4, 0.5) is 4.39 Å².